The number of alkyl halides is 2. The Bertz CT molecular complexity index is 511. The number of benzene rings is 1. The zero-order valence-corrected chi connectivity index (χ0v) is 11.3. The van der Waals surface area contributed by atoms with Crippen LogP contribution in [-0.2, 0) is 13.1 Å². The van der Waals surface area contributed by atoms with Crippen molar-refractivity contribution in [1.29, 1.82) is 0 Å². The van der Waals surface area contributed by atoms with Crippen LogP contribution in [0, 0.1) is 0 Å². The molecule has 3 nitrogen and oxygen atoms in total. The van der Waals surface area contributed by atoms with Crippen molar-refractivity contribution in [2.75, 3.05) is 5.32 Å². The van der Waals surface area contributed by atoms with Crippen molar-refractivity contribution in [2.45, 2.75) is 30.7 Å². The summed E-state index contributed by atoms with van der Waals surface area (Å²) in [5, 5.41) is 3.24. The third kappa shape index (κ3) is 3.96. The number of hydrogen-bond donors (Lipinski definition) is 1. The number of imidazole rings is 1. The average Bonchev–Trinajstić information content (AvgIpc) is 2.84. The van der Waals surface area contributed by atoms with E-state index in [0.717, 1.165) is 17.9 Å². The number of aromatic nitrogens is 2. The first-order valence-electron chi connectivity index (χ1n) is 5.96. The molecule has 0 aliphatic heterocycles. The Morgan fingerprint density at radius 3 is 2.68 bits per heavy atom. The smallest absolute Gasteiger partial charge is 0.288 e. The molecule has 0 saturated heterocycles. The predicted molar refractivity (Wildman–Crippen MR) is 73.5 cm³/mol. The van der Waals surface area contributed by atoms with Crippen LogP contribution >= 0.6 is 11.8 Å². The first-order chi connectivity index (χ1) is 9.19. The first-order valence-corrected chi connectivity index (χ1v) is 6.84. The summed E-state index contributed by atoms with van der Waals surface area (Å²) in [5.41, 5.74) is 2.00. The molecule has 0 spiro atoms. The molecule has 2 aromatic rings. The van der Waals surface area contributed by atoms with Gasteiger partial charge in [-0.25, -0.2) is 4.98 Å². The van der Waals surface area contributed by atoms with Gasteiger partial charge in [0, 0.05) is 23.3 Å². The van der Waals surface area contributed by atoms with Gasteiger partial charge in [0.1, 0.15) is 0 Å². The maximum Gasteiger partial charge on any atom is 0.288 e. The van der Waals surface area contributed by atoms with Gasteiger partial charge in [-0.2, -0.15) is 8.78 Å². The summed E-state index contributed by atoms with van der Waals surface area (Å²) in [6.45, 7) is 3.59. The second-order valence-electron chi connectivity index (χ2n) is 3.93. The fourth-order valence-electron chi connectivity index (χ4n) is 1.73. The molecule has 1 heterocycles. The lowest BCUT2D eigenvalue weighted by Gasteiger charge is -2.09. The van der Waals surface area contributed by atoms with Gasteiger partial charge < -0.3 is 9.88 Å². The van der Waals surface area contributed by atoms with Crippen molar-refractivity contribution in [3.05, 3.63) is 42.5 Å². The summed E-state index contributed by atoms with van der Waals surface area (Å²) in [4.78, 5) is 4.66. The van der Waals surface area contributed by atoms with E-state index in [0.29, 0.717) is 23.2 Å². The number of rotatable bonds is 6. The molecular formula is C13H15F2N3S. The number of aryl methyl sites for hydroxylation is 1. The van der Waals surface area contributed by atoms with Crippen LogP contribution in [0.15, 0.2) is 41.7 Å². The Kier molecular flexibility index (Phi) is 4.79. The topological polar surface area (TPSA) is 29.9 Å². The molecule has 19 heavy (non-hydrogen) atoms. The van der Waals surface area contributed by atoms with Gasteiger partial charge >= 0.3 is 0 Å². The molecule has 1 aromatic carbocycles. The van der Waals surface area contributed by atoms with Crippen LogP contribution in [0.3, 0.4) is 0 Å². The maximum absolute atomic E-state index is 12.2. The average molecular weight is 283 g/mol. The molecular weight excluding hydrogens is 268 g/mol. The van der Waals surface area contributed by atoms with E-state index in [2.05, 4.69) is 17.2 Å². The Morgan fingerprint density at radius 1 is 1.32 bits per heavy atom. The molecule has 0 aliphatic rings. The van der Waals surface area contributed by atoms with Crippen LogP contribution in [0.25, 0.3) is 0 Å². The van der Waals surface area contributed by atoms with Crippen molar-refractivity contribution >= 4 is 17.4 Å². The minimum Gasteiger partial charge on any atom is -0.379 e. The lowest BCUT2D eigenvalue weighted by atomic mass is 10.3. The van der Waals surface area contributed by atoms with Crippen molar-refractivity contribution in [3.8, 4) is 0 Å². The predicted octanol–water partition coefficient (Wildman–Crippen LogP) is 3.83. The lowest BCUT2D eigenvalue weighted by Crippen LogP contribution is -2.05. The second kappa shape index (κ2) is 6.56. The molecule has 0 amide bonds. The summed E-state index contributed by atoms with van der Waals surface area (Å²) < 4.78 is 26.4. The molecule has 1 N–H and O–H groups in total. The molecule has 6 heteroatoms. The van der Waals surface area contributed by atoms with Gasteiger partial charge in [-0.3, -0.25) is 0 Å². The number of hydrogen-bond acceptors (Lipinski definition) is 3. The summed E-state index contributed by atoms with van der Waals surface area (Å²) in [6, 6.07) is 6.99. The van der Waals surface area contributed by atoms with E-state index < -0.39 is 5.76 Å². The summed E-state index contributed by atoms with van der Waals surface area (Å²) in [6.07, 6.45) is 3.61. The van der Waals surface area contributed by atoms with Crippen LogP contribution < -0.4 is 5.32 Å². The highest BCUT2D eigenvalue weighted by molar-refractivity contribution is 7.99. The minimum absolute atomic E-state index is 0.554. The number of nitrogens with zero attached hydrogens (tertiary/aromatic N) is 2. The van der Waals surface area contributed by atoms with Gasteiger partial charge in [-0.1, -0.05) is 11.8 Å². The molecule has 0 saturated carbocycles. The normalized spacial score (nSPS) is 10.9. The molecule has 0 unspecified atom stereocenters. The third-order valence-electron chi connectivity index (χ3n) is 2.69. The van der Waals surface area contributed by atoms with E-state index in [-0.39, 0.29) is 0 Å². The van der Waals surface area contributed by atoms with E-state index >= 15 is 0 Å². The van der Waals surface area contributed by atoms with E-state index in [1.54, 1.807) is 30.6 Å². The van der Waals surface area contributed by atoms with Crippen molar-refractivity contribution in [1.82, 2.24) is 9.55 Å². The SMILES string of the molecule is CCn1cncc1CNc1ccc(SC(F)F)cc1. The van der Waals surface area contributed by atoms with Gasteiger partial charge in [0.2, 0.25) is 0 Å². The van der Waals surface area contributed by atoms with E-state index in [4.69, 9.17) is 0 Å². The van der Waals surface area contributed by atoms with Crippen LogP contribution in [0.1, 0.15) is 12.6 Å². The second-order valence-corrected chi connectivity index (χ2v) is 4.99. The van der Waals surface area contributed by atoms with Crippen molar-refractivity contribution in [3.63, 3.8) is 0 Å². The highest BCUT2D eigenvalue weighted by Crippen LogP contribution is 2.26. The monoisotopic (exact) mass is 283 g/mol. The fraction of sp³-hybridized carbons (Fsp3) is 0.308. The summed E-state index contributed by atoms with van der Waals surface area (Å²) in [7, 11) is 0. The highest BCUT2D eigenvalue weighted by atomic mass is 32.2. The minimum atomic E-state index is -2.38. The molecule has 2 rings (SSSR count). The third-order valence-corrected chi connectivity index (χ3v) is 3.41. The molecule has 0 fully saturated rings. The van der Waals surface area contributed by atoms with Crippen LogP contribution in [0.5, 0.6) is 0 Å². The van der Waals surface area contributed by atoms with E-state index in [1.165, 1.54) is 0 Å². The van der Waals surface area contributed by atoms with E-state index in [9.17, 15) is 8.78 Å². The standard InChI is InChI=1S/C13H15F2N3S/c1-2-18-9-16-7-11(18)8-17-10-3-5-12(6-4-10)19-13(14)15/h3-7,9,13,17H,2,8H2,1H3. The molecule has 1 aromatic heterocycles. The Balaban J connectivity index is 1.93. The van der Waals surface area contributed by atoms with Gasteiger partial charge in [0.05, 0.1) is 18.6 Å². The lowest BCUT2D eigenvalue weighted by molar-refractivity contribution is 0.252. The molecule has 0 atom stereocenters. The largest absolute Gasteiger partial charge is 0.379 e. The Hall–Kier alpha value is -1.56. The van der Waals surface area contributed by atoms with Crippen molar-refractivity contribution in [2.24, 2.45) is 0 Å². The Labute approximate surface area is 115 Å². The summed E-state index contributed by atoms with van der Waals surface area (Å²) >= 11 is 0.554. The van der Waals surface area contributed by atoms with Gasteiger partial charge in [-0.05, 0) is 31.2 Å². The highest BCUT2D eigenvalue weighted by Gasteiger charge is 2.05. The summed E-state index contributed by atoms with van der Waals surface area (Å²) in [5.74, 6) is -2.38. The van der Waals surface area contributed by atoms with Crippen LogP contribution in [0.4, 0.5) is 14.5 Å². The fourth-order valence-corrected chi connectivity index (χ4v) is 2.23. The maximum atomic E-state index is 12.2. The Morgan fingerprint density at radius 2 is 2.05 bits per heavy atom. The van der Waals surface area contributed by atoms with E-state index in [1.807, 2.05) is 10.8 Å². The van der Waals surface area contributed by atoms with Crippen molar-refractivity contribution < 1.29 is 8.78 Å². The zero-order chi connectivity index (χ0) is 13.7. The van der Waals surface area contributed by atoms with Gasteiger partial charge in [0.25, 0.3) is 5.76 Å². The van der Waals surface area contributed by atoms with Gasteiger partial charge in [-0.15, -0.1) is 0 Å². The number of thioether (sulfide) groups is 1. The molecule has 0 bridgehead atoms. The zero-order valence-electron chi connectivity index (χ0n) is 10.5. The van der Waals surface area contributed by atoms with Crippen LogP contribution in [-0.4, -0.2) is 15.3 Å². The number of halogens is 2. The van der Waals surface area contributed by atoms with Gasteiger partial charge in [0.15, 0.2) is 0 Å². The number of nitrogens with one attached hydrogen (secondary N) is 1. The first kappa shape index (κ1) is 13.9. The molecule has 102 valence electrons. The quantitative estimate of drug-likeness (QED) is 0.817. The van der Waals surface area contributed by atoms with Crippen LogP contribution in [0.2, 0.25) is 0 Å². The molecule has 0 aliphatic carbocycles. The number of anilines is 1. The molecule has 0 radical (unpaired) electrons.